The molecule has 11 N–H and O–H groups in total. The maximum atomic E-state index is 13.1. The molecule has 3 amide bonds. The molecule has 36 heavy (non-hydrogen) atoms. The number of hydrogen-bond acceptors (Lipinski definition) is 7. The summed E-state index contributed by atoms with van der Waals surface area (Å²) >= 11 is 0. The second-order valence-electron chi connectivity index (χ2n) is 9.12. The molecule has 0 aliphatic carbocycles. The summed E-state index contributed by atoms with van der Waals surface area (Å²) in [6.45, 7) is 7.47. The number of carbonyl (C=O) groups is 5. The summed E-state index contributed by atoms with van der Waals surface area (Å²) in [4.78, 5) is 64.6. The molecule has 206 valence electrons. The molecule has 5 unspecified atom stereocenters. The van der Waals surface area contributed by atoms with E-state index in [0.717, 1.165) is 0 Å². The summed E-state index contributed by atoms with van der Waals surface area (Å²) in [5, 5.41) is 25.5. The molecule has 0 heterocycles. The Kier molecular flexibility index (Phi) is 14.7. The van der Waals surface area contributed by atoms with Gasteiger partial charge in [0, 0.05) is 6.54 Å². The number of hydrogen-bond donors (Lipinski definition) is 8. The van der Waals surface area contributed by atoms with Crippen LogP contribution in [0.3, 0.4) is 0 Å². The lowest BCUT2D eigenvalue weighted by atomic mass is 9.96. The third-order valence-corrected chi connectivity index (χ3v) is 5.43. The van der Waals surface area contributed by atoms with Gasteiger partial charge in [-0.3, -0.25) is 24.2 Å². The second kappa shape index (κ2) is 16.3. The molecular formula is C22H41N7O7. The number of rotatable bonds is 17. The Morgan fingerprint density at radius 1 is 0.889 bits per heavy atom. The fourth-order valence-corrected chi connectivity index (χ4v) is 3.22. The zero-order valence-corrected chi connectivity index (χ0v) is 21.3. The van der Waals surface area contributed by atoms with Gasteiger partial charge in [0.2, 0.25) is 17.7 Å². The number of aliphatic carboxylic acids is 2. The van der Waals surface area contributed by atoms with Crippen LogP contribution in [0.1, 0.15) is 59.8 Å². The van der Waals surface area contributed by atoms with Crippen LogP contribution in [0.4, 0.5) is 0 Å². The fourth-order valence-electron chi connectivity index (χ4n) is 3.22. The van der Waals surface area contributed by atoms with E-state index in [2.05, 4.69) is 20.9 Å². The highest BCUT2D eigenvalue weighted by Gasteiger charge is 2.33. The van der Waals surface area contributed by atoms with Crippen LogP contribution in [-0.4, -0.2) is 76.5 Å². The van der Waals surface area contributed by atoms with Gasteiger partial charge < -0.3 is 43.4 Å². The standard InChI is InChI=1S/C22H41N7O7/c1-5-12(4)17(29-18(32)13(23)7-6-8-26-22(24)25)20(34)27-14(9-11(2)3)19(33)28-15(21(35)36)10-16(30)31/h11-15,17H,5-10,23H2,1-4H3,(H,27,34)(H,28,33)(H,29,32)(H,30,31)(H,35,36)(H4,24,25,26). The molecule has 0 fully saturated rings. The maximum absolute atomic E-state index is 13.1. The fraction of sp³-hybridized carbons (Fsp3) is 0.727. The molecule has 5 atom stereocenters. The van der Waals surface area contributed by atoms with E-state index in [9.17, 15) is 29.1 Å². The maximum Gasteiger partial charge on any atom is 0.326 e. The largest absolute Gasteiger partial charge is 0.481 e. The van der Waals surface area contributed by atoms with Crippen molar-refractivity contribution < 1.29 is 34.2 Å². The van der Waals surface area contributed by atoms with Crippen molar-refractivity contribution in [2.75, 3.05) is 6.54 Å². The van der Waals surface area contributed by atoms with E-state index in [4.69, 9.17) is 22.3 Å². The van der Waals surface area contributed by atoms with Crippen LogP contribution in [0.25, 0.3) is 0 Å². The molecule has 0 saturated carbocycles. The highest BCUT2D eigenvalue weighted by Crippen LogP contribution is 2.12. The van der Waals surface area contributed by atoms with Gasteiger partial charge in [-0.05, 0) is 31.1 Å². The molecule has 0 aromatic carbocycles. The second-order valence-corrected chi connectivity index (χ2v) is 9.12. The Hall–Kier alpha value is -3.42. The van der Waals surface area contributed by atoms with Crippen molar-refractivity contribution in [3.05, 3.63) is 0 Å². The summed E-state index contributed by atoms with van der Waals surface area (Å²) < 4.78 is 0. The molecule has 0 aromatic heterocycles. The molecule has 0 aliphatic heterocycles. The van der Waals surface area contributed by atoms with Crippen molar-refractivity contribution >= 4 is 35.6 Å². The predicted molar refractivity (Wildman–Crippen MR) is 132 cm³/mol. The number of carboxylic acid groups (broad SMARTS) is 2. The quantitative estimate of drug-likeness (QED) is 0.0630. The topological polar surface area (TPSA) is 252 Å². The molecule has 0 aliphatic rings. The summed E-state index contributed by atoms with van der Waals surface area (Å²) in [7, 11) is 0. The highest BCUT2D eigenvalue weighted by atomic mass is 16.4. The van der Waals surface area contributed by atoms with Gasteiger partial charge in [-0.1, -0.05) is 34.1 Å². The third-order valence-electron chi connectivity index (χ3n) is 5.43. The zero-order valence-electron chi connectivity index (χ0n) is 21.3. The first-order valence-electron chi connectivity index (χ1n) is 11.9. The van der Waals surface area contributed by atoms with Crippen molar-refractivity contribution in [1.82, 2.24) is 16.0 Å². The van der Waals surface area contributed by atoms with Crippen molar-refractivity contribution in [2.24, 2.45) is 34.0 Å². The molecule has 14 heteroatoms. The van der Waals surface area contributed by atoms with Gasteiger partial charge in [-0.25, -0.2) is 4.79 Å². The molecule has 14 nitrogen and oxygen atoms in total. The minimum atomic E-state index is -1.66. The molecule has 0 rings (SSSR count). The smallest absolute Gasteiger partial charge is 0.326 e. The van der Waals surface area contributed by atoms with Crippen LogP contribution in [0.5, 0.6) is 0 Å². The highest BCUT2D eigenvalue weighted by molar-refractivity contribution is 5.94. The Labute approximate surface area is 210 Å². The summed E-state index contributed by atoms with van der Waals surface area (Å²) in [5.74, 6) is -5.41. The SMILES string of the molecule is CCC(C)C(NC(=O)C(N)CCCN=C(N)N)C(=O)NC(CC(C)C)C(=O)NC(CC(=O)O)C(=O)O. The third kappa shape index (κ3) is 12.9. The van der Waals surface area contributed by atoms with Crippen molar-refractivity contribution in [2.45, 2.75) is 84.0 Å². The first-order chi connectivity index (χ1) is 16.7. The van der Waals surface area contributed by atoms with Gasteiger partial charge in [-0.2, -0.15) is 0 Å². The predicted octanol–water partition coefficient (Wildman–Crippen LogP) is -1.53. The molecule has 0 bridgehead atoms. The van der Waals surface area contributed by atoms with E-state index in [1.165, 1.54) is 0 Å². The average molecular weight is 516 g/mol. The van der Waals surface area contributed by atoms with Crippen LogP contribution in [0.15, 0.2) is 4.99 Å². The number of nitrogens with two attached hydrogens (primary N) is 3. The molecule has 0 saturated heterocycles. The van der Waals surface area contributed by atoms with Crippen LogP contribution in [0.2, 0.25) is 0 Å². The number of carbonyl (C=O) groups excluding carboxylic acids is 3. The lowest BCUT2D eigenvalue weighted by Gasteiger charge is -2.28. The van der Waals surface area contributed by atoms with E-state index < -0.39 is 60.2 Å². The van der Waals surface area contributed by atoms with Gasteiger partial charge in [0.1, 0.15) is 18.1 Å². The van der Waals surface area contributed by atoms with Crippen molar-refractivity contribution in [3.8, 4) is 0 Å². The molecule has 0 radical (unpaired) electrons. The van der Waals surface area contributed by atoms with Gasteiger partial charge in [0.05, 0.1) is 12.5 Å². The molecule has 0 aromatic rings. The Morgan fingerprint density at radius 2 is 1.47 bits per heavy atom. The van der Waals surface area contributed by atoms with E-state index in [1.807, 2.05) is 6.92 Å². The van der Waals surface area contributed by atoms with Crippen molar-refractivity contribution in [1.29, 1.82) is 0 Å². The monoisotopic (exact) mass is 515 g/mol. The Bertz CT molecular complexity index is 800. The average Bonchev–Trinajstić information content (AvgIpc) is 2.77. The molecule has 0 spiro atoms. The number of carboxylic acids is 2. The van der Waals surface area contributed by atoms with Gasteiger partial charge in [-0.15, -0.1) is 0 Å². The number of amides is 3. The number of aliphatic imine (C=N–C) groups is 1. The number of nitrogens with one attached hydrogen (secondary N) is 3. The first-order valence-corrected chi connectivity index (χ1v) is 11.9. The van der Waals surface area contributed by atoms with Crippen LogP contribution in [-0.2, 0) is 24.0 Å². The summed E-state index contributed by atoms with van der Waals surface area (Å²) in [5.41, 5.74) is 16.5. The first kappa shape index (κ1) is 32.6. The van der Waals surface area contributed by atoms with E-state index in [1.54, 1.807) is 20.8 Å². The van der Waals surface area contributed by atoms with Crippen molar-refractivity contribution in [3.63, 3.8) is 0 Å². The van der Waals surface area contributed by atoms with E-state index >= 15 is 0 Å². The lowest BCUT2D eigenvalue weighted by Crippen LogP contribution is -2.59. The Morgan fingerprint density at radius 3 is 1.94 bits per heavy atom. The normalized spacial score (nSPS) is 15.1. The number of nitrogens with zero attached hydrogens (tertiary/aromatic N) is 1. The van der Waals surface area contributed by atoms with Gasteiger partial charge in [0.25, 0.3) is 0 Å². The van der Waals surface area contributed by atoms with Gasteiger partial charge in [0.15, 0.2) is 5.96 Å². The van der Waals surface area contributed by atoms with Gasteiger partial charge >= 0.3 is 11.9 Å². The van der Waals surface area contributed by atoms with Crippen LogP contribution < -0.4 is 33.2 Å². The summed E-state index contributed by atoms with van der Waals surface area (Å²) in [6, 6.07) is -4.74. The molecular weight excluding hydrogens is 474 g/mol. The minimum absolute atomic E-state index is 0.0702. The van der Waals surface area contributed by atoms with Crippen LogP contribution in [0, 0.1) is 11.8 Å². The lowest BCUT2D eigenvalue weighted by molar-refractivity contribution is -0.147. The van der Waals surface area contributed by atoms with Crippen LogP contribution >= 0.6 is 0 Å². The Balaban J connectivity index is 5.47. The summed E-state index contributed by atoms with van der Waals surface area (Å²) in [6.07, 6.45) is 0.581. The number of guanidine groups is 1. The zero-order chi connectivity index (χ0) is 28.0. The van der Waals surface area contributed by atoms with E-state index in [0.29, 0.717) is 19.4 Å². The van der Waals surface area contributed by atoms with E-state index in [-0.39, 0.29) is 30.6 Å². The minimum Gasteiger partial charge on any atom is -0.481 e.